The standard InChI is InChI=1S/C12H27BrO2Si/c1-4-7-12(13)8-11-16(14-9-5-2)15-10-6-3/h12,16H,4-11H2,1-3H3. The van der Waals surface area contributed by atoms with Crippen molar-refractivity contribution >= 4 is 25.2 Å². The maximum Gasteiger partial charge on any atom is 0.321 e. The van der Waals surface area contributed by atoms with E-state index in [0.717, 1.165) is 32.1 Å². The Kier molecular flexibility index (Phi) is 12.5. The van der Waals surface area contributed by atoms with E-state index in [1.165, 1.54) is 19.3 Å². The second-order valence-electron chi connectivity index (χ2n) is 4.13. The Balaban J connectivity index is 3.71. The first-order valence-corrected chi connectivity index (χ1v) is 9.29. The van der Waals surface area contributed by atoms with Gasteiger partial charge in [-0.05, 0) is 31.7 Å². The van der Waals surface area contributed by atoms with Gasteiger partial charge in [0.05, 0.1) is 0 Å². The molecule has 0 heterocycles. The van der Waals surface area contributed by atoms with E-state index in [9.17, 15) is 0 Å². The minimum atomic E-state index is -1.38. The average Bonchev–Trinajstić information content (AvgIpc) is 2.28. The van der Waals surface area contributed by atoms with E-state index in [2.05, 4.69) is 36.7 Å². The average molecular weight is 311 g/mol. The summed E-state index contributed by atoms with van der Waals surface area (Å²) in [5.41, 5.74) is 0. The molecule has 0 aromatic heterocycles. The molecule has 0 radical (unpaired) electrons. The lowest BCUT2D eigenvalue weighted by Crippen LogP contribution is -2.24. The van der Waals surface area contributed by atoms with Crippen molar-refractivity contribution in [1.29, 1.82) is 0 Å². The van der Waals surface area contributed by atoms with Crippen molar-refractivity contribution in [3.8, 4) is 0 Å². The van der Waals surface area contributed by atoms with Crippen molar-refractivity contribution in [2.24, 2.45) is 0 Å². The summed E-state index contributed by atoms with van der Waals surface area (Å²) in [4.78, 5) is 0.642. The van der Waals surface area contributed by atoms with Crippen LogP contribution >= 0.6 is 15.9 Å². The van der Waals surface area contributed by atoms with Crippen LogP contribution in [0.15, 0.2) is 0 Å². The minimum absolute atomic E-state index is 0.642. The van der Waals surface area contributed by atoms with Crippen molar-refractivity contribution in [2.75, 3.05) is 13.2 Å². The molecule has 0 saturated heterocycles. The van der Waals surface area contributed by atoms with Crippen LogP contribution in [0.1, 0.15) is 52.9 Å². The van der Waals surface area contributed by atoms with Gasteiger partial charge in [-0.1, -0.05) is 43.1 Å². The quantitative estimate of drug-likeness (QED) is 0.424. The van der Waals surface area contributed by atoms with Gasteiger partial charge in [0.2, 0.25) is 0 Å². The normalized spacial score (nSPS) is 13.3. The van der Waals surface area contributed by atoms with Crippen LogP contribution < -0.4 is 0 Å². The summed E-state index contributed by atoms with van der Waals surface area (Å²) in [6, 6.07) is 1.13. The van der Waals surface area contributed by atoms with E-state index in [0.29, 0.717) is 4.83 Å². The lowest BCUT2D eigenvalue weighted by Gasteiger charge is -2.17. The topological polar surface area (TPSA) is 18.5 Å². The fourth-order valence-electron chi connectivity index (χ4n) is 1.49. The highest BCUT2D eigenvalue weighted by molar-refractivity contribution is 9.09. The van der Waals surface area contributed by atoms with Gasteiger partial charge in [-0.3, -0.25) is 0 Å². The Hall–Kier alpha value is 0.617. The third kappa shape index (κ3) is 9.82. The van der Waals surface area contributed by atoms with Crippen molar-refractivity contribution in [2.45, 2.75) is 63.7 Å². The SMILES string of the molecule is CCCO[SiH](CCC(Br)CCC)OCCC. The highest BCUT2D eigenvalue weighted by Crippen LogP contribution is 2.16. The van der Waals surface area contributed by atoms with Gasteiger partial charge in [0.25, 0.3) is 0 Å². The van der Waals surface area contributed by atoms with Crippen LogP contribution in [-0.2, 0) is 8.85 Å². The molecule has 0 aliphatic heterocycles. The first kappa shape index (κ1) is 16.6. The summed E-state index contributed by atoms with van der Waals surface area (Å²) >= 11 is 3.71. The number of rotatable bonds is 11. The van der Waals surface area contributed by atoms with Crippen LogP contribution in [0.4, 0.5) is 0 Å². The van der Waals surface area contributed by atoms with E-state index in [-0.39, 0.29) is 0 Å². The van der Waals surface area contributed by atoms with E-state index < -0.39 is 9.28 Å². The zero-order valence-corrected chi connectivity index (χ0v) is 13.7. The molecule has 1 atom stereocenters. The van der Waals surface area contributed by atoms with Crippen LogP contribution in [0.5, 0.6) is 0 Å². The van der Waals surface area contributed by atoms with E-state index in [1.807, 2.05) is 0 Å². The molecule has 16 heavy (non-hydrogen) atoms. The van der Waals surface area contributed by atoms with Crippen LogP contribution in [0.3, 0.4) is 0 Å². The van der Waals surface area contributed by atoms with Crippen molar-refractivity contribution in [3.63, 3.8) is 0 Å². The zero-order chi connectivity index (χ0) is 12.2. The molecule has 2 nitrogen and oxygen atoms in total. The molecule has 0 bridgehead atoms. The number of hydrogen-bond acceptors (Lipinski definition) is 2. The van der Waals surface area contributed by atoms with Crippen LogP contribution in [-0.4, -0.2) is 27.3 Å². The van der Waals surface area contributed by atoms with Gasteiger partial charge >= 0.3 is 9.28 Å². The smallest absolute Gasteiger partial charge is 0.321 e. The Morgan fingerprint density at radius 2 is 1.50 bits per heavy atom. The summed E-state index contributed by atoms with van der Waals surface area (Å²) in [5, 5.41) is 0. The second kappa shape index (κ2) is 12.1. The van der Waals surface area contributed by atoms with Gasteiger partial charge in [0, 0.05) is 18.0 Å². The van der Waals surface area contributed by atoms with E-state index in [4.69, 9.17) is 8.85 Å². The first-order chi connectivity index (χ1) is 7.74. The predicted octanol–water partition coefficient (Wildman–Crippen LogP) is 4.01. The summed E-state index contributed by atoms with van der Waals surface area (Å²) in [7, 11) is -1.38. The van der Waals surface area contributed by atoms with Gasteiger partial charge in [-0.2, -0.15) is 0 Å². The first-order valence-electron chi connectivity index (χ1n) is 6.61. The predicted molar refractivity (Wildman–Crippen MR) is 76.7 cm³/mol. The van der Waals surface area contributed by atoms with Crippen LogP contribution in [0.25, 0.3) is 0 Å². The lowest BCUT2D eigenvalue weighted by molar-refractivity contribution is 0.195. The molecular formula is C12H27BrO2Si. The van der Waals surface area contributed by atoms with Gasteiger partial charge < -0.3 is 8.85 Å². The summed E-state index contributed by atoms with van der Waals surface area (Å²) in [5.74, 6) is 0. The molecule has 0 N–H and O–H groups in total. The maximum absolute atomic E-state index is 5.82. The molecule has 98 valence electrons. The van der Waals surface area contributed by atoms with Gasteiger partial charge in [-0.25, -0.2) is 0 Å². The summed E-state index contributed by atoms with van der Waals surface area (Å²) in [6.07, 6.45) is 5.87. The molecule has 4 heteroatoms. The third-order valence-corrected chi connectivity index (χ3v) is 5.27. The van der Waals surface area contributed by atoms with Crippen molar-refractivity contribution < 1.29 is 8.85 Å². The van der Waals surface area contributed by atoms with E-state index in [1.54, 1.807) is 0 Å². The molecule has 0 aliphatic carbocycles. The summed E-state index contributed by atoms with van der Waals surface area (Å²) in [6.45, 7) is 8.25. The van der Waals surface area contributed by atoms with Crippen molar-refractivity contribution in [1.82, 2.24) is 0 Å². The lowest BCUT2D eigenvalue weighted by atomic mass is 10.2. The number of alkyl halides is 1. The van der Waals surface area contributed by atoms with E-state index >= 15 is 0 Å². The summed E-state index contributed by atoms with van der Waals surface area (Å²) < 4.78 is 11.6. The molecule has 0 rings (SSSR count). The molecule has 0 aromatic rings. The number of hydrogen-bond donors (Lipinski definition) is 0. The molecule has 1 unspecified atom stereocenters. The fraction of sp³-hybridized carbons (Fsp3) is 1.00. The largest absolute Gasteiger partial charge is 0.397 e. The minimum Gasteiger partial charge on any atom is -0.397 e. The van der Waals surface area contributed by atoms with Crippen molar-refractivity contribution in [3.05, 3.63) is 0 Å². The Morgan fingerprint density at radius 3 is 1.94 bits per heavy atom. The molecule has 0 spiro atoms. The monoisotopic (exact) mass is 310 g/mol. The Bertz CT molecular complexity index is 139. The molecule has 0 fully saturated rings. The zero-order valence-electron chi connectivity index (χ0n) is 11.0. The van der Waals surface area contributed by atoms with Gasteiger partial charge in [0.1, 0.15) is 0 Å². The molecule has 0 amide bonds. The van der Waals surface area contributed by atoms with Gasteiger partial charge in [0.15, 0.2) is 0 Å². The maximum atomic E-state index is 5.82. The van der Waals surface area contributed by atoms with Crippen LogP contribution in [0.2, 0.25) is 6.04 Å². The Labute approximate surface area is 111 Å². The molecular weight excluding hydrogens is 284 g/mol. The molecule has 0 aromatic carbocycles. The second-order valence-corrected chi connectivity index (χ2v) is 7.53. The highest BCUT2D eigenvalue weighted by Gasteiger charge is 2.15. The number of halogens is 1. The Morgan fingerprint density at radius 1 is 0.938 bits per heavy atom. The highest BCUT2D eigenvalue weighted by atomic mass is 79.9. The molecule has 0 saturated carbocycles. The van der Waals surface area contributed by atoms with Crippen LogP contribution in [0, 0.1) is 0 Å². The van der Waals surface area contributed by atoms with Gasteiger partial charge in [-0.15, -0.1) is 0 Å². The third-order valence-electron chi connectivity index (χ3n) is 2.33. The fourth-order valence-corrected chi connectivity index (χ4v) is 4.80. The molecule has 0 aliphatic rings.